The van der Waals surface area contributed by atoms with Crippen LogP contribution in [0, 0.1) is 24.0 Å². The summed E-state index contributed by atoms with van der Waals surface area (Å²) in [4.78, 5) is 42.3. The number of aryl methyl sites for hydroxylation is 2. The van der Waals surface area contributed by atoms with Crippen LogP contribution in [0.4, 0.5) is 16.5 Å². The van der Waals surface area contributed by atoms with Gasteiger partial charge in [-0.3, -0.25) is 19.7 Å². The van der Waals surface area contributed by atoms with E-state index in [1.807, 2.05) is 44.2 Å². The molecule has 0 saturated heterocycles. The van der Waals surface area contributed by atoms with Crippen LogP contribution >= 0.6 is 23.1 Å². The molecule has 188 valence electrons. The number of aromatic nitrogens is 1. The molecule has 0 bridgehead atoms. The molecule has 0 radical (unpaired) electrons. The molecule has 2 amide bonds. The van der Waals surface area contributed by atoms with Crippen LogP contribution in [0.1, 0.15) is 27.7 Å². The van der Waals surface area contributed by atoms with Crippen molar-refractivity contribution in [1.29, 1.82) is 0 Å². The van der Waals surface area contributed by atoms with Crippen LogP contribution in [0.15, 0.2) is 77.7 Å². The van der Waals surface area contributed by atoms with Gasteiger partial charge in [0.05, 0.1) is 15.9 Å². The molecule has 2 N–H and O–H groups in total. The maximum absolute atomic E-state index is 12.9. The first kappa shape index (κ1) is 26.1. The fraction of sp³-hybridized carbons (Fsp3) is 0.148. The van der Waals surface area contributed by atoms with Crippen molar-refractivity contribution in [3.63, 3.8) is 0 Å². The van der Waals surface area contributed by atoms with Gasteiger partial charge in [0, 0.05) is 38.7 Å². The van der Waals surface area contributed by atoms with Gasteiger partial charge in [-0.25, -0.2) is 4.98 Å². The maximum atomic E-state index is 12.9. The van der Waals surface area contributed by atoms with Crippen molar-refractivity contribution in [3.8, 4) is 11.3 Å². The van der Waals surface area contributed by atoms with Crippen molar-refractivity contribution in [1.82, 2.24) is 4.98 Å². The predicted octanol–water partition coefficient (Wildman–Crippen LogP) is 6.71. The van der Waals surface area contributed by atoms with Crippen molar-refractivity contribution in [2.24, 2.45) is 0 Å². The van der Waals surface area contributed by atoms with Crippen LogP contribution in [-0.2, 0) is 4.79 Å². The monoisotopic (exact) mass is 532 g/mol. The number of rotatable bonds is 8. The lowest BCUT2D eigenvalue weighted by atomic mass is 10.1. The highest BCUT2D eigenvalue weighted by atomic mass is 32.2. The number of nitro groups is 1. The highest BCUT2D eigenvalue weighted by Gasteiger charge is 2.18. The van der Waals surface area contributed by atoms with E-state index in [0.29, 0.717) is 10.8 Å². The van der Waals surface area contributed by atoms with Crippen molar-refractivity contribution in [2.75, 3.05) is 10.6 Å². The number of carbonyl (C=O) groups is 2. The molecule has 1 aromatic heterocycles. The van der Waals surface area contributed by atoms with Crippen molar-refractivity contribution in [2.45, 2.75) is 30.9 Å². The summed E-state index contributed by atoms with van der Waals surface area (Å²) >= 11 is 2.78. The Balaban J connectivity index is 1.39. The van der Waals surface area contributed by atoms with Crippen LogP contribution in [0.2, 0.25) is 0 Å². The second-order valence-corrected chi connectivity index (χ2v) is 10.9. The molecule has 1 atom stereocenters. The van der Waals surface area contributed by atoms with Gasteiger partial charge >= 0.3 is 0 Å². The van der Waals surface area contributed by atoms with Gasteiger partial charge < -0.3 is 10.6 Å². The van der Waals surface area contributed by atoms with Gasteiger partial charge in [0.2, 0.25) is 5.91 Å². The van der Waals surface area contributed by atoms with Crippen LogP contribution in [0.25, 0.3) is 11.3 Å². The van der Waals surface area contributed by atoms with Gasteiger partial charge in [0.15, 0.2) is 5.13 Å². The highest BCUT2D eigenvalue weighted by molar-refractivity contribution is 8.00. The second-order valence-electron chi connectivity index (χ2n) is 8.33. The van der Waals surface area contributed by atoms with Crippen molar-refractivity contribution >= 4 is 51.4 Å². The Bertz CT molecular complexity index is 1470. The van der Waals surface area contributed by atoms with Crippen LogP contribution in [0.3, 0.4) is 0 Å². The van der Waals surface area contributed by atoms with Gasteiger partial charge in [0.1, 0.15) is 0 Å². The van der Waals surface area contributed by atoms with E-state index in [2.05, 4.69) is 15.6 Å². The van der Waals surface area contributed by atoms with E-state index in [-0.39, 0.29) is 17.2 Å². The van der Waals surface area contributed by atoms with E-state index < -0.39 is 16.1 Å². The number of nitro benzene ring substituents is 1. The Morgan fingerprint density at radius 1 is 1.00 bits per heavy atom. The minimum absolute atomic E-state index is 0.154. The number of hydrogen-bond acceptors (Lipinski definition) is 7. The summed E-state index contributed by atoms with van der Waals surface area (Å²) in [5.41, 5.74) is 3.58. The van der Waals surface area contributed by atoms with Gasteiger partial charge in [-0.05, 0) is 45.0 Å². The number of nitrogens with one attached hydrogen (secondary N) is 2. The second kappa shape index (κ2) is 11.4. The summed E-state index contributed by atoms with van der Waals surface area (Å²) in [5, 5.41) is 16.8. The van der Waals surface area contributed by atoms with Crippen molar-refractivity contribution < 1.29 is 14.5 Å². The number of amides is 2. The smallest absolute Gasteiger partial charge is 0.270 e. The van der Waals surface area contributed by atoms with E-state index in [1.54, 1.807) is 25.1 Å². The first-order valence-electron chi connectivity index (χ1n) is 11.4. The van der Waals surface area contributed by atoms with Crippen molar-refractivity contribution in [3.05, 3.63) is 98.9 Å². The molecule has 10 heteroatoms. The molecule has 0 fully saturated rings. The third-order valence-corrected chi connectivity index (χ3v) is 7.42. The van der Waals surface area contributed by atoms with E-state index in [9.17, 15) is 19.7 Å². The molecule has 4 aromatic rings. The number of nitrogens with zero attached hydrogens (tertiary/aromatic N) is 2. The standard InChI is InChI=1S/C27H24N4O4S2/c1-16-10-12-19(13-11-16)24-17(2)37-27(29-24)30-25(32)18(3)36-23-9-5-7-21(15-23)28-26(33)20-6-4-8-22(14-20)31(34)35/h4-15,18H,1-3H3,(H,28,33)(H,29,30,32). The molecular weight excluding hydrogens is 508 g/mol. The molecule has 0 aliphatic carbocycles. The molecule has 37 heavy (non-hydrogen) atoms. The quantitative estimate of drug-likeness (QED) is 0.148. The number of carbonyl (C=O) groups excluding carboxylic acids is 2. The van der Waals surface area contributed by atoms with E-state index >= 15 is 0 Å². The Kier molecular flexibility index (Phi) is 8.00. The number of benzene rings is 3. The first-order valence-corrected chi connectivity index (χ1v) is 13.1. The van der Waals surface area contributed by atoms with Gasteiger partial charge in [0.25, 0.3) is 11.6 Å². The van der Waals surface area contributed by atoms with Crippen LogP contribution in [0.5, 0.6) is 0 Å². The number of non-ortho nitro benzene ring substituents is 1. The van der Waals surface area contributed by atoms with E-state index in [0.717, 1.165) is 21.0 Å². The number of thioether (sulfide) groups is 1. The largest absolute Gasteiger partial charge is 0.322 e. The molecule has 0 aliphatic rings. The minimum Gasteiger partial charge on any atom is -0.322 e. The lowest BCUT2D eigenvalue weighted by Gasteiger charge is -2.12. The SMILES string of the molecule is Cc1ccc(-c2nc(NC(=O)C(C)Sc3cccc(NC(=O)c4cccc([N+](=O)[O-])c4)c3)sc2C)cc1. The molecule has 0 aliphatic heterocycles. The number of anilines is 2. The van der Waals surface area contributed by atoms with Crippen LogP contribution < -0.4 is 10.6 Å². The molecule has 4 rings (SSSR count). The third kappa shape index (κ3) is 6.60. The molecule has 0 saturated carbocycles. The Labute approximate surface area is 222 Å². The fourth-order valence-corrected chi connectivity index (χ4v) is 5.27. The predicted molar refractivity (Wildman–Crippen MR) is 148 cm³/mol. The normalized spacial score (nSPS) is 11.5. The zero-order chi connectivity index (χ0) is 26.5. The lowest BCUT2D eigenvalue weighted by molar-refractivity contribution is -0.384. The summed E-state index contributed by atoms with van der Waals surface area (Å²) in [7, 11) is 0. The maximum Gasteiger partial charge on any atom is 0.270 e. The number of thiazole rings is 1. The van der Waals surface area contributed by atoms with E-state index in [4.69, 9.17) is 0 Å². The third-order valence-electron chi connectivity index (χ3n) is 5.44. The average molecular weight is 533 g/mol. The van der Waals surface area contributed by atoms with Gasteiger partial charge in [-0.1, -0.05) is 42.0 Å². The fourth-order valence-electron chi connectivity index (χ4n) is 3.50. The summed E-state index contributed by atoms with van der Waals surface area (Å²) < 4.78 is 0. The summed E-state index contributed by atoms with van der Waals surface area (Å²) in [6.45, 7) is 5.81. The van der Waals surface area contributed by atoms with Crippen LogP contribution in [-0.4, -0.2) is 27.0 Å². The summed E-state index contributed by atoms with van der Waals surface area (Å²) in [5.74, 6) is -0.639. The summed E-state index contributed by atoms with van der Waals surface area (Å²) in [6.07, 6.45) is 0. The van der Waals surface area contributed by atoms with Gasteiger partial charge in [-0.15, -0.1) is 23.1 Å². The van der Waals surface area contributed by atoms with E-state index in [1.165, 1.54) is 52.9 Å². The zero-order valence-corrected chi connectivity index (χ0v) is 22.0. The number of hydrogen-bond donors (Lipinski definition) is 2. The molecule has 0 spiro atoms. The molecule has 1 unspecified atom stereocenters. The Morgan fingerprint density at radius 2 is 1.73 bits per heavy atom. The lowest BCUT2D eigenvalue weighted by Crippen LogP contribution is -2.22. The Hall–Kier alpha value is -4.02. The average Bonchev–Trinajstić information content (AvgIpc) is 3.24. The molecule has 8 nitrogen and oxygen atoms in total. The minimum atomic E-state index is -0.545. The summed E-state index contributed by atoms with van der Waals surface area (Å²) in [6, 6.07) is 20.7. The highest BCUT2D eigenvalue weighted by Crippen LogP contribution is 2.32. The zero-order valence-electron chi connectivity index (χ0n) is 20.3. The molecule has 1 heterocycles. The topological polar surface area (TPSA) is 114 Å². The van der Waals surface area contributed by atoms with Gasteiger partial charge in [-0.2, -0.15) is 0 Å². The molecular formula is C27H24N4O4S2. The molecule has 3 aromatic carbocycles. The first-order chi connectivity index (χ1) is 17.7. The Morgan fingerprint density at radius 3 is 2.46 bits per heavy atom.